The maximum absolute atomic E-state index is 13.0. The lowest BCUT2D eigenvalue weighted by molar-refractivity contribution is -0.138. The number of amides is 2. The standard InChI is InChI=1S/C18H18F3NO4/c1-10(23)22(12-6-4-5-11(7-12)18(19,20)21)15(25)13-8-17(3)14(24)9-16(13,2)26-17/h4-7,13H,8-9H2,1-3H3/t13-,16?,17?/m0/s1. The number of hydrogen-bond donors (Lipinski definition) is 0. The average molecular weight is 369 g/mol. The predicted octanol–water partition coefficient (Wildman–Crippen LogP) is 3.11. The van der Waals surface area contributed by atoms with Crippen molar-refractivity contribution in [3.05, 3.63) is 29.8 Å². The summed E-state index contributed by atoms with van der Waals surface area (Å²) in [6.45, 7) is 4.33. The normalized spacial score (nSPS) is 30.5. The molecule has 0 radical (unpaired) electrons. The Morgan fingerprint density at radius 2 is 1.92 bits per heavy atom. The molecule has 0 aliphatic carbocycles. The van der Waals surface area contributed by atoms with Gasteiger partial charge in [0.05, 0.1) is 22.8 Å². The van der Waals surface area contributed by atoms with E-state index in [0.717, 1.165) is 30.0 Å². The molecule has 2 aliphatic rings. The number of anilines is 1. The Labute approximate surface area is 148 Å². The summed E-state index contributed by atoms with van der Waals surface area (Å²) in [5.74, 6) is -2.26. The van der Waals surface area contributed by atoms with E-state index in [-0.39, 0.29) is 24.3 Å². The molecule has 2 unspecified atom stereocenters. The Hall–Kier alpha value is -2.22. The number of rotatable bonds is 2. The number of hydrogen-bond acceptors (Lipinski definition) is 4. The molecule has 26 heavy (non-hydrogen) atoms. The molecule has 1 aromatic rings. The molecule has 2 saturated heterocycles. The molecule has 2 amide bonds. The summed E-state index contributed by atoms with van der Waals surface area (Å²) >= 11 is 0. The van der Waals surface area contributed by atoms with Gasteiger partial charge in [0.2, 0.25) is 11.8 Å². The van der Waals surface area contributed by atoms with Gasteiger partial charge in [0.25, 0.3) is 0 Å². The number of benzene rings is 1. The van der Waals surface area contributed by atoms with Crippen molar-refractivity contribution in [2.75, 3.05) is 4.90 Å². The zero-order chi connectivity index (χ0) is 19.5. The van der Waals surface area contributed by atoms with Crippen molar-refractivity contribution in [2.45, 2.75) is 51.0 Å². The second-order valence-corrected chi connectivity index (χ2v) is 7.24. The lowest BCUT2D eigenvalue weighted by Crippen LogP contribution is -2.48. The van der Waals surface area contributed by atoms with Crippen LogP contribution in [0.2, 0.25) is 0 Å². The molecular formula is C18H18F3NO4. The highest BCUT2D eigenvalue weighted by molar-refractivity contribution is 6.15. The van der Waals surface area contributed by atoms with Gasteiger partial charge >= 0.3 is 6.18 Å². The van der Waals surface area contributed by atoms with Crippen molar-refractivity contribution in [2.24, 2.45) is 5.92 Å². The van der Waals surface area contributed by atoms with Gasteiger partial charge < -0.3 is 4.74 Å². The second kappa shape index (κ2) is 5.64. The first-order valence-electron chi connectivity index (χ1n) is 8.13. The van der Waals surface area contributed by atoms with Crippen molar-refractivity contribution in [1.29, 1.82) is 0 Å². The average Bonchev–Trinajstić information content (AvgIpc) is 2.91. The summed E-state index contributed by atoms with van der Waals surface area (Å²) in [6, 6.07) is 4.06. The van der Waals surface area contributed by atoms with E-state index >= 15 is 0 Å². The quantitative estimate of drug-likeness (QED) is 0.804. The van der Waals surface area contributed by atoms with E-state index in [0.29, 0.717) is 0 Å². The summed E-state index contributed by atoms with van der Waals surface area (Å²) in [5, 5.41) is 0. The monoisotopic (exact) mass is 369 g/mol. The number of fused-ring (bicyclic) bond motifs is 2. The highest BCUT2D eigenvalue weighted by Gasteiger charge is 2.64. The molecule has 8 heteroatoms. The number of halogens is 3. The Bertz CT molecular complexity index is 806. The van der Waals surface area contributed by atoms with E-state index in [1.54, 1.807) is 13.8 Å². The van der Waals surface area contributed by atoms with Gasteiger partial charge in [-0.25, -0.2) is 0 Å². The smallest absolute Gasteiger partial charge is 0.360 e. The van der Waals surface area contributed by atoms with Crippen LogP contribution < -0.4 is 4.90 Å². The molecule has 140 valence electrons. The molecule has 3 rings (SSSR count). The van der Waals surface area contributed by atoms with Crippen LogP contribution in [0.3, 0.4) is 0 Å². The lowest BCUT2D eigenvalue weighted by atomic mass is 9.74. The summed E-state index contributed by atoms with van der Waals surface area (Å²) in [6.07, 6.45) is -4.46. The summed E-state index contributed by atoms with van der Waals surface area (Å²) in [4.78, 5) is 37.9. The van der Waals surface area contributed by atoms with E-state index in [2.05, 4.69) is 0 Å². The van der Waals surface area contributed by atoms with Crippen LogP contribution in [0, 0.1) is 5.92 Å². The van der Waals surface area contributed by atoms with Gasteiger partial charge in [-0.15, -0.1) is 0 Å². The zero-order valence-electron chi connectivity index (χ0n) is 14.5. The number of carbonyl (C=O) groups is 3. The van der Waals surface area contributed by atoms with Gasteiger partial charge in [0.1, 0.15) is 5.60 Å². The molecule has 5 nitrogen and oxygen atoms in total. The third-order valence-corrected chi connectivity index (χ3v) is 5.16. The first-order valence-corrected chi connectivity index (χ1v) is 8.13. The van der Waals surface area contributed by atoms with Crippen molar-refractivity contribution in [3.8, 4) is 0 Å². The first kappa shape index (κ1) is 18.6. The molecule has 1 aromatic carbocycles. The van der Waals surface area contributed by atoms with Gasteiger partial charge in [-0.1, -0.05) is 6.07 Å². The topological polar surface area (TPSA) is 63.7 Å². The lowest BCUT2D eigenvalue weighted by Gasteiger charge is -2.31. The first-order chi connectivity index (χ1) is 11.9. The highest BCUT2D eigenvalue weighted by Crippen LogP contribution is 2.52. The molecule has 0 aromatic heterocycles. The third kappa shape index (κ3) is 2.82. The minimum absolute atomic E-state index is 0.0360. The molecule has 2 aliphatic heterocycles. The molecule has 0 N–H and O–H groups in total. The number of ether oxygens (including phenoxy) is 1. The van der Waals surface area contributed by atoms with Crippen LogP contribution >= 0.6 is 0 Å². The number of Topliss-reactive ketones (excluding diaryl/α,β-unsaturated/α-hetero) is 1. The summed E-state index contributed by atoms with van der Waals surface area (Å²) in [7, 11) is 0. The van der Waals surface area contributed by atoms with Crippen molar-refractivity contribution >= 4 is 23.3 Å². The maximum atomic E-state index is 13.0. The van der Waals surface area contributed by atoms with E-state index < -0.39 is 40.7 Å². The SMILES string of the molecule is CC(=O)N(C(=O)[C@@H]1CC2(C)OC1(C)CC2=O)c1cccc(C(F)(F)F)c1. The van der Waals surface area contributed by atoms with E-state index in [1.807, 2.05) is 0 Å². The van der Waals surface area contributed by atoms with Crippen LogP contribution in [0.4, 0.5) is 18.9 Å². The molecule has 0 saturated carbocycles. The van der Waals surface area contributed by atoms with Crippen molar-refractivity contribution in [3.63, 3.8) is 0 Å². The summed E-state index contributed by atoms with van der Waals surface area (Å²) < 4.78 is 44.6. The molecule has 0 spiro atoms. The third-order valence-electron chi connectivity index (χ3n) is 5.16. The number of nitrogens with zero attached hydrogens (tertiary/aromatic N) is 1. The Morgan fingerprint density at radius 1 is 1.27 bits per heavy atom. The van der Waals surface area contributed by atoms with Gasteiger partial charge in [-0.3, -0.25) is 19.3 Å². The van der Waals surface area contributed by atoms with Crippen molar-refractivity contribution < 1.29 is 32.3 Å². The predicted molar refractivity (Wildman–Crippen MR) is 85.2 cm³/mol. The zero-order valence-corrected chi connectivity index (χ0v) is 14.5. The molecule has 2 fully saturated rings. The summed E-state index contributed by atoms with van der Waals surface area (Å²) in [5.41, 5.74) is -3.25. The number of alkyl halides is 3. The van der Waals surface area contributed by atoms with Crippen LogP contribution in [0.5, 0.6) is 0 Å². The molecule has 3 atom stereocenters. The number of imide groups is 1. The Kier molecular flexibility index (Phi) is 4.03. The van der Waals surface area contributed by atoms with E-state index in [1.165, 1.54) is 6.07 Å². The van der Waals surface area contributed by atoms with E-state index in [4.69, 9.17) is 4.74 Å². The van der Waals surface area contributed by atoms with Crippen molar-refractivity contribution in [1.82, 2.24) is 0 Å². The second-order valence-electron chi connectivity index (χ2n) is 7.24. The van der Waals surface area contributed by atoms with Gasteiger partial charge in [0, 0.05) is 13.3 Å². The minimum Gasteiger partial charge on any atom is -0.360 e. The fourth-order valence-corrected chi connectivity index (χ4v) is 3.86. The van der Waals surface area contributed by atoms with Crippen LogP contribution in [0.25, 0.3) is 0 Å². The van der Waals surface area contributed by atoms with Crippen LogP contribution in [0.1, 0.15) is 39.2 Å². The van der Waals surface area contributed by atoms with Crippen LogP contribution in [-0.4, -0.2) is 28.8 Å². The van der Waals surface area contributed by atoms with Crippen LogP contribution in [0.15, 0.2) is 24.3 Å². The largest absolute Gasteiger partial charge is 0.416 e. The van der Waals surface area contributed by atoms with Crippen LogP contribution in [-0.2, 0) is 25.3 Å². The fourth-order valence-electron chi connectivity index (χ4n) is 3.86. The fraction of sp³-hybridized carbons (Fsp3) is 0.500. The number of ketones is 1. The Morgan fingerprint density at radius 3 is 2.38 bits per heavy atom. The maximum Gasteiger partial charge on any atom is 0.416 e. The van der Waals surface area contributed by atoms with Gasteiger partial charge in [0.15, 0.2) is 5.78 Å². The molecule has 2 bridgehead atoms. The van der Waals surface area contributed by atoms with E-state index in [9.17, 15) is 27.6 Å². The number of carbonyl (C=O) groups excluding carboxylic acids is 3. The molecular weight excluding hydrogens is 351 g/mol. The Balaban J connectivity index is 1.97. The minimum atomic E-state index is -4.59. The van der Waals surface area contributed by atoms with Gasteiger partial charge in [-0.2, -0.15) is 13.2 Å². The molecule has 2 heterocycles. The van der Waals surface area contributed by atoms with Gasteiger partial charge in [-0.05, 0) is 38.5 Å². The highest BCUT2D eigenvalue weighted by atomic mass is 19.4.